The number of aryl methyl sites for hydroxylation is 1. The molecule has 0 bridgehead atoms. The number of nitrogens with two attached hydrogens (primary N) is 1. The number of aromatic nitrogens is 1. The molecule has 2 aromatic rings. The van der Waals surface area contributed by atoms with Gasteiger partial charge in [-0.25, -0.2) is 19.2 Å². The molecule has 4 N–H and O–H groups in total. The van der Waals surface area contributed by atoms with Crippen LogP contribution in [0.5, 0.6) is 0 Å². The highest BCUT2D eigenvalue weighted by molar-refractivity contribution is 7.92. The van der Waals surface area contributed by atoms with Crippen LogP contribution >= 0.6 is 0 Å². The predicted molar refractivity (Wildman–Crippen MR) is 78.7 cm³/mol. The normalized spacial score (nSPS) is 11.1. The van der Waals surface area contributed by atoms with Gasteiger partial charge in [-0.05, 0) is 36.2 Å². The van der Waals surface area contributed by atoms with Gasteiger partial charge in [-0.2, -0.15) is 0 Å². The van der Waals surface area contributed by atoms with E-state index in [1.54, 1.807) is 12.1 Å². The molecular formula is C13H16N4O2S. The van der Waals surface area contributed by atoms with Gasteiger partial charge in [-0.1, -0.05) is 19.1 Å². The number of nitrogen functional groups attached to an aromatic ring is 1. The van der Waals surface area contributed by atoms with Crippen LogP contribution in [0.3, 0.4) is 0 Å². The third-order valence-corrected chi connectivity index (χ3v) is 4.20. The van der Waals surface area contributed by atoms with Crippen molar-refractivity contribution >= 4 is 21.5 Å². The fraction of sp³-hybridized carbons (Fsp3) is 0.154. The van der Waals surface area contributed by atoms with Crippen molar-refractivity contribution in [1.82, 2.24) is 4.98 Å². The van der Waals surface area contributed by atoms with Crippen molar-refractivity contribution < 1.29 is 8.42 Å². The molecule has 2 rings (SSSR count). The second-order valence-corrected chi connectivity index (χ2v) is 5.80. The molecule has 0 aliphatic heterocycles. The molecule has 106 valence electrons. The summed E-state index contributed by atoms with van der Waals surface area (Å²) in [5.74, 6) is 5.39. The zero-order valence-electron chi connectivity index (χ0n) is 11.0. The number of pyridine rings is 1. The van der Waals surface area contributed by atoms with Crippen molar-refractivity contribution in [2.75, 3.05) is 10.1 Å². The molecule has 0 radical (unpaired) electrons. The second-order valence-electron chi connectivity index (χ2n) is 4.15. The van der Waals surface area contributed by atoms with Crippen LogP contribution < -0.4 is 16.0 Å². The van der Waals surface area contributed by atoms with Gasteiger partial charge >= 0.3 is 0 Å². The number of hydrogen-bond donors (Lipinski definition) is 3. The Morgan fingerprint density at radius 3 is 2.75 bits per heavy atom. The summed E-state index contributed by atoms with van der Waals surface area (Å²) in [7, 11) is -3.74. The fourth-order valence-corrected chi connectivity index (χ4v) is 2.95. The molecular weight excluding hydrogens is 276 g/mol. The zero-order chi connectivity index (χ0) is 14.6. The van der Waals surface area contributed by atoms with Gasteiger partial charge in [0.1, 0.15) is 4.90 Å². The van der Waals surface area contributed by atoms with E-state index >= 15 is 0 Å². The molecule has 7 heteroatoms. The van der Waals surface area contributed by atoms with Crippen LogP contribution in [0.15, 0.2) is 47.5 Å². The van der Waals surface area contributed by atoms with E-state index in [4.69, 9.17) is 5.84 Å². The number of nitrogens with zero attached hydrogens (tertiary/aromatic N) is 1. The standard InChI is InChI=1S/C13H16N4O2S/c1-2-10-5-3-6-11(9-10)17-20(18,19)12-7-4-8-15-13(12)16-14/h3-9,17H,2,14H2,1H3,(H,15,16). The third kappa shape index (κ3) is 3.06. The molecule has 0 saturated carbocycles. The predicted octanol–water partition coefficient (Wildman–Crippen LogP) is 1.73. The Bertz CT molecular complexity index is 701. The van der Waals surface area contributed by atoms with E-state index < -0.39 is 10.0 Å². The third-order valence-electron chi connectivity index (χ3n) is 2.78. The number of anilines is 2. The van der Waals surface area contributed by atoms with Crippen molar-refractivity contribution in [1.29, 1.82) is 0 Å². The Balaban J connectivity index is 2.35. The van der Waals surface area contributed by atoms with Crippen molar-refractivity contribution in [2.24, 2.45) is 5.84 Å². The van der Waals surface area contributed by atoms with Gasteiger partial charge in [0.15, 0.2) is 5.82 Å². The van der Waals surface area contributed by atoms with E-state index in [1.807, 2.05) is 19.1 Å². The molecule has 0 spiro atoms. The summed E-state index contributed by atoms with van der Waals surface area (Å²) >= 11 is 0. The minimum atomic E-state index is -3.74. The maximum atomic E-state index is 12.3. The van der Waals surface area contributed by atoms with Gasteiger partial charge in [0.2, 0.25) is 0 Å². The second kappa shape index (κ2) is 5.89. The lowest BCUT2D eigenvalue weighted by Crippen LogP contribution is -2.18. The summed E-state index contributed by atoms with van der Waals surface area (Å²) in [6.07, 6.45) is 2.30. The number of rotatable bonds is 5. The number of hydrazine groups is 1. The van der Waals surface area contributed by atoms with Crippen molar-refractivity contribution in [3.05, 3.63) is 48.2 Å². The molecule has 0 unspecified atom stereocenters. The Kier molecular flexibility index (Phi) is 4.21. The molecule has 6 nitrogen and oxygen atoms in total. The minimum Gasteiger partial charge on any atom is -0.307 e. The summed E-state index contributed by atoms with van der Waals surface area (Å²) in [5.41, 5.74) is 3.84. The van der Waals surface area contributed by atoms with E-state index in [2.05, 4.69) is 15.1 Å². The Morgan fingerprint density at radius 2 is 2.05 bits per heavy atom. The monoisotopic (exact) mass is 292 g/mol. The first-order chi connectivity index (χ1) is 9.56. The van der Waals surface area contributed by atoms with Crippen LogP contribution in [0.25, 0.3) is 0 Å². The van der Waals surface area contributed by atoms with Crippen molar-refractivity contribution in [3.8, 4) is 0 Å². The van der Waals surface area contributed by atoms with Crippen molar-refractivity contribution in [3.63, 3.8) is 0 Å². The van der Waals surface area contributed by atoms with Gasteiger partial charge in [-0.15, -0.1) is 0 Å². The Morgan fingerprint density at radius 1 is 1.25 bits per heavy atom. The fourth-order valence-electron chi connectivity index (χ4n) is 1.78. The average molecular weight is 292 g/mol. The molecule has 0 amide bonds. The van der Waals surface area contributed by atoms with E-state index in [0.29, 0.717) is 5.69 Å². The SMILES string of the molecule is CCc1cccc(NS(=O)(=O)c2cccnc2NN)c1. The Labute approximate surface area is 118 Å². The number of benzene rings is 1. The summed E-state index contributed by atoms with van der Waals surface area (Å²) in [5, 5.41) is 0. The van der Waals surface area contributed by atoms with Gasteiger partial charge in [0.05, 0.1) is 0 Å². The van der Waals surface area contributed by atoms with Crippen LogP contribution in [0.4, 0.5) is 11.5 Å². The summed E-state index contributed by atoms with van der Waals surface area (Å²) < 4.78 is 27.2. The van der Waals surface area contributed by atoms with Crippen LogP contribution in [-0.4, -0.2) is 13.4 Å². The van der Waals surface area contributed by atoms with Gasteiger partial charge < -0.3 is 5.43 Å². The molecule has 1 heterocycles. The largest absolute Gasteiger partial charge is 0.307 e. The maximum absolute atomic E-state index is 12.3. The smallest absolute Gasteiger partial charge is 0.265 e. The van der Waals surface area contributed by atoms with Gasteiger partial charge in [-0.3, -0.25) is 4.72 Å². The summed E-state index contributed by atoms with van der Waals surface area (Å²) in [4.78, 5) is 3.89. The molecule has 0 aliphatic carbocycles. The quantitative estimate of drug-likeness (QED) is 0.576. The van der Waals surface area contributed by atoms with Crippen LogP contribution in [0.1, 0.15) is 12.5 Å². The topological polar surface area (TPSA) is 97.1 Å². The summed E-state index contributed by atoms with van der Waals surface area (Å²) in [6, 6.07) is 10.2. The average Bonchev–Trinajstić information content (AvgIpc) is 2.47. The molecule has 0 saturated heterocycles. The number of sulfonamides is 1. The molecule has 20 heavy (non-hydrogen) atoms. The first kappa shape index (κ1) is 14.3. The number of nitrogens with one attached hydrogen (secondary N) is 2. The lowest BCUT2D eigenvalue weighted by Gasteiger charge is -2.11. The van der Waals surface area contributed by atoms with Crippen LogP contribution in [0, 0.1) is 0 Å². The van der Waals surface area contributed by atoms with Gasteiger partial charge in [0, 0.05) is 11.9 Å². The molecule has 0 aliphatic rings. The van der Waals surface area contributed by atoms with Crippen LogP contribution in [0.2, 0.25) is 0 Å². The highest BCUT2D eigenvalue weighted by Gasteiger charge is 2.19. The number of hydrogen-bond acceptors (Lipinski definition) is 5. The molecule has 0 atom stereocenters. The minimum absolute atomic E-state index is 0.00408. The van der Waals surface area contributed by atoms with E-state index in [1.165, 1.54) is 18.3 Å². The summed E-state index contributed by atoms with van der Waals surface area (Å²) in [6.45, 7) is 2.01. The van der Waals surface area contributed by atoms with Gasteiger partial charge in [0.25, 0.3) is 10.0 Å². The molecule has 0 fully saturated rings. The van der Waals surface area contributed by atoms with E-state index in [9.17, 15) is 8.42 Å². The Hall–Kier alpha value is -2.12. The first-order valence-corrected chi connectivity index (χ1v) is 7.58. The van der Waals surface area contributed by atoms with Crippen LogP contribution in [-0.2, 0) is 16.4 Å². The lowest BCUT2D eigenvalue weighted by atomic mass is 10.1. The lowest BCUT2D eigenvalue weighted by molar-refractivity contribution is 0.601. The van der Waals surface area contributed by atoms with E-state index in [-0.39, 0.29) is 10.7 Å². The highest BCUT2D eigenvalue weighted by Crippen LogP contribution is 2.21. The maximum Gasteiger partial charge on any atom is 0.265 e. The molecule has 1 aromatic heterocycles. The van der Waals surface area contributed by atoms with E-state index in [0.717, 1.165) is 12.0 Å². The highest BCUT2D eigenvalue weighted by atomic mass is 32.2. The first-order valence-electron chi connectivity index (χ1n) is 6.10. The zero-order valence-corrected chi connectivity index (χ0v) is 11.8. The molecule has 1 aromatic carbocycles. The van der Waals surface area contributed by atoms with Crippen molar-refractivity contribution in [2.45, 2.75) is 18.2 Å².